The number of esters is 1. The predicted octanol–water partition coefficient (Wildman–Crippen LogP) is 3.20. The number of rotatable bonds is 7. The number of unbranched alkanes of at least 4 members (excludes halogenated alkanes) is 1. The van der Waals surface area contributed by atoms with Gasteiger partial charge in [-0.1, -0.05) is 39.3 Å². The van der Waals surface area contributed by atoms with Gasteiger partial charge in [0, 0.05) is 0 Å². The fourth-order valence-electron chi connectivity index (χ4n) is 2.69. The Morgan fingerprint density at radius 2 is 2.09 bits per heavy atom. The van der Waals surface area contributed by atoms with Crippen molar-refractivity contribution in [3.05, 3.63) is 24.3 Å². The summed E-state index contributed by atoms with van der Waals surface area (Å²) in [6, 6.07) is 7.28. The number of hydrogen-bond donors (Lipinski definition) is 1. The second kappa shape index (κ2) is 7.99. The van der Waals surface area contributed by atoms with Gasteiger partial charge >= 0.3 is 5.97 Å². The first-order valence-electron chi connectivity index (χ1n) is 8.35. The number of fused-ring (bicyclic) bond motifs is 1. The molecule has 0 saturated heterocycles. The lowest BCUT2D eigenvalue weighted by molar-refractivity contribution is -0.143. The SMILES string of the molecule is CCCCOC(=O)CN1C(=O)C(CC(C)C)Nc2ccccc21. The highest BCUT2D eigenvalue weighted by Gasteiger charge is 2.33. The van der Waals surface area contributed by atoms with Crippen molar-refractivity contribution in [2.75, 3.05) is 23.4 Å². The fourth-order valence-corrected chi connectivity index (χ4v) is 2.69. The van der Waals surface area contributed by atoms with Crippen molar-refractivity contribution in [2.24, 2.45) is 5.92 Å². The van der Waals surface area contributed by atoms with Crippen LogP contribution in [0.3, 0.4) is 0 Å². The lowest BCUT2D eigenvalue weighted by Gasteiger charge is -2.35. The van der Waals surface area contributed by atoms with Gasteiger partial charge in [0.1, 0.15) is 12.6 Å². The number of amides is 1. The molecule has 126 valence electrons. The van der Waals surface area contributed by atoms with E-state index >= 15 is 0 Å². The molecule has 5 nitrogen and oxygen atoms in total. The smallest absolute Gasteiger partial charge is 0.326 e. The zero-order chi connectivity index (χ0) is 16.8. The summed E-state index contributed by atoms with van der Waals surface area (Å²) >= 11 is 0. The van der Waals surface area contributed by atoms with Crippen LogP contribution in [0.4, 0.5) is 11.4 Å². The van der Waals surface area contributed by atoms with E-state index in [0.717, 1.165) is 30.6 Å². The molecule has 1 aliphatic rings. The van der Waals surface area contributed by atoms with E-state index < -0.39 is 0 Å². The average Bonchev–Trinajstić information content (AvgIpc) is 2.51. The lowest BCUT2D eigenvalue weighted by Crippen LogP contribution is -2.49. The van der Waals surface area contributed by atoms with Crippen molar-refractivity contribution in [1.82, 2.24) is 0 Å². The van der Waals surface area contributed by atoms with Gasteiger partial charge in [0.25, 0.3) is 0 Å². The molecule has 0 aliphatic carbocycles. The van der Waals surface area contributed by atoms with Crippen molar-refractivity contribution >= 4 is 23.3 Å². The number of hydrogen-bond acceptors (Lipinski definition) is 4. The van der Waals surface area contributed by atoms with Crippen LogP contribution < -0.4 is 10.2 Å². The van der Waals surface area contributed by atoms with Crippen LogP contribution in [0.5, 0.6) is 0 Å². The summed E-state index contributed by atoms with van der Waals surface area (Å²) in [6.07, 6.45) is 2.54. The normalized spacial score (nSPS) is 17.0. The van der Waals surface area contributed by atoms with E-state index in [1.807, 2.05) is 31.2 Å². The summed E-state index contributed by atoms with van der Waals surface area (Å²) in [4.78, 5) is 26.3. The number of ether oxygens (including phenoxy) is 1. The number of nitrogens with zero attached hydrogens (tertiary/aromatic N) is 1. The van der Waals surface area contributed by atoms with Crippen LogP contribution >= 0.6 is 0 Å². The molecule has 0 spiro atoms. The van der Waals surface area contributed by atoms with Crippen LogP contribution in [0, 0.1) is 5.92 Å². The molecule has 1 aromatic rings. The van der Waals surface area contributed by atoms with Gasteiger partial charge in [0.2, 0.25) is 5.91 Å². The standard InChI is InChI=1S/C18H26N2O3/c1-4-5-10-23-17(21)12-20-16-9-7-6-8-14(16)19-15(18(20)22)11-13(2)3/h6-9,13,15,19H,4-5,10-12H2,1-3H3. The summed E-state index contributed by atoms with van der Waals surface area (Å²) in [7, 11) is 0. The van der Waals surface area contributed by atoms with Gasteiger partial charge in [-0.15, -0.1) is 0 Å². The molecule has 2 rings (SSSR count). The minimum atomic E-state index is -0.355. The number of para-hydroxylation sites is 2. The summed E-state index contributed by atoms with van der Waals surface area (Å²) in [5, 5.41) is 3.29. The Bertz CT molecular complexity index is 557. The van der Waals surface area contributed by atoms with Gasteiger partial charge in [-0.2, -0.15) is 0 Å². The summed E-state index contributed by atoms with van der Waals surface area (Å²) < 4.78 is 5.21. The molecule has 1 aromatic carbocycles. The van der Waals surface area contributed by atoms with Crippen LogP contribution in [-0.4, -0.2) is 31.1 Å². The van der Waals surface area contributed by atoms with E-state index in [9.17, 15) is 9.59 Å². The molecular weight excluding hydrogens is 292 g/mol. The largest absolute Gasteiger partial charge is 0.464 e. The number of benzene rings is 1. The Balaban J connectivity index is 2.14. The van der Waals surface area contributed by atoms with E-state index in [1.165, 1.54) is 0 Å². The molecule has 23 heavy (non-hydrogen) atoms. The minimum Gasteiger partial charge on any atom is -0.464 e. The van der Waals surface area contributed by atoms with Crippen LogP contribution in [-0.2, 0) is 14.3 Å². The third-order valence-electron chi connectivity index (χ3n) is 3.84. The van der Waals surface area contributed by atoms with Crippen molar-refractivity contribution in [3.63, 3.8) is 0 Å². The zero-order valence-electron chi connectivity index (χ0n) is 14.2. The molecule has 0 saturated carbocycles. The number of carbonyl (C=O) groups is 2. The Hall–Kier alpha value is -2.04. The molecule has 1 unspecified atom stereocenters. The molecule has 0 radical (unpaired) electrons. The van der Waals surface area contributed by atoms with E-state index in [-0.39, 0.29) is 24.5 Å². The molecule has 1 aliphatic heterocycles. The van der Waals surface area contributed by atoms with Gasteiger partial charge < -0.3 is 10.1 Å². The maximum absolute atomic E-state index is 12.7. The van der Waals surface area contributed by atoms with Crippen LogP contribution in [0.1, 0.15) is 40.0 Å². The van der Waals surface area contributed by atoms with E-state index in [2.05, 4.69) is 19.2 Å². The number of carbonyl (C=O) groups excluding carboxylic acids is 2. The van der Waals surface area contributed by atoms with Gasteiger partial charge in [-0.05, 0) is 30.9 Å². The Labute approximate surface area is 138 Å². The molecule has 1 heterocycles. The molecular formula is C18H26N2O3. The second-order valence-electron chi connectivity index (χ2n) is 6.34. The van der Waals surface area contributed by atoms with E-state index in [4.69, 9.17) is 4.74 Å². The van der Waals surface area contributed by atoms with Gasteiger partial charge in [0.05, 0.1) is 18.0 Å². The third-order valence-corrected chi connectivity index (χ3v) is 3.84. The van der Waals surface area contributed by atoms with E-state index in [0.29, 0.717) is 12.5 Å². The molecule has 0 bridgehead atoms. The highest BCUT2D eigenvalue weighted by atomic mass is 16.5. The van der Waals surface area contributed by atoms with Gasteiger partial charge in [-0.25, -0.2) is 0 Å². The predicted molar refractivity (Wildman–Crippen MR) is 91.5 cm³/mol. The topological polar surface area (TPSA) is 58.6 Å². The van der Waals surface area contributed by atoms with Gasteiger partial charge in [-0.3, -0.25) is 14.5 Å². The fraction of sp³-hybridized carbons (Fsp3) is 0.556. The first-order valence-corrected chi connectivity index (χ1v) is 8.35. The zero-order valence-corrected chi connectivity index (χ0v) is 14.2. The average molecular weight is 318 g/mol. The monoisotopic (exact) mass is 318 g/mol. The van der Waals surface area contributed by atoms with Crippen molar-refractivity contribution < 1.29 is 14.3 Å². The Morgan fingerprint density at radius 1 is 1.35 bits per heavy atom. The second-order valence-corrected chi connectivity index (χ2v) is 6.34. The van der Waals surface area contributed by atoms with Crippen LogP contribution in [0.25, 0.3) is 0 Å². The minimum absolute atomic E-state index is 0.0319. The van der Waals surface area contributed by atoms with Crippen LogP contribution in [0.15, 0.2) is 24.3 Å². The van der Waals surface area contributed by atoms with Crippen molar-refractivity contribution in [3.8, 4) is 0 Å². The molecule has 0 aromatic heterocycles. The van der Waals surface area contributed by atoms with E-state index in [1.54, 1.807) is 4.90 Å². The molecule has 1 atom stereocenters. The summed E-state index contributed by atoms with van der Waals surface area (Å²) in [5.74, 6) is -0.0308. The van der Waals surface area contributed by atoms with Crippen molar-refractivity contribution in [1.29, 1.82) is 0 Å². The maximum atomic E-state index is 12.7. The third kappa shape index (κ3) is 4.47. The lowest BCUT2D eigenvalue weighted by atomic mass is 9.99. The molecule has 1 N–H and O–H groups in total. The highest BCUT2D eigenvalue weighted by Crippen LogP contribution is 2.32. The maximum Gasteiger partial charge on any atom is 0.326 e. The highest BCUT2D eigenvalue weighted by molar-refractivity contribution is 6.07. The Morgan fingerprint density at radius 3 is 2.78 bits per heavy atom. The quantitative estimate of drug-likeness (QED) is 0.619. The number of anilines is 2. The molecule has 1 amide bonds. The molecule has 5 heteroatoms. The number of nitrogens with one attached hydrogen (secondary N) is 1. The Kier molecular flexibility index (Phi) is 6.02. The first-order chi connectivity index (χ1) is 11.0. The molecule has 0 fully saturated rings. The summed E-state index contributed by atoms with van der Waals surface area (Å²) in [5.41, 5.74) is 1.63. The first kappa shape index (κ1) is 17.3. The van der Waals surface area contributed by atoms with Crippen molar-refractivity contribution in [2.45, 2.75) is 46.1 Å². The summed E-state index contributed by atoms with van der Waals surface area (Å²) in [6.45, 7) is 6.58. The van der Waals surface area contributed by atoms with Crippen LogP contribution in [0.2, 0.25) is 0 Å². The van der Waals surface area contributed by atoms with Gasteiger partial charge in [0.15, 0.2) is 0 Å².